The molecule has 0 bridgehead atoms. The lowest BCUT2D eigenvalue weighted by molar-refractivity contribution is 0.252. The molecule has 2 N–H and O–H groups in total. The summed E-state index contributed by atoms with van der Waals surface area (Å²) in [6.45, 7) is 2.00. The van der Waals surface area contributed by atoms with E-state index in [9.17, 15) is 13.9 Å². The fraction of sp³-hybridized carbons (Fsp3) is 0.250. The van der Waals surface area contributed by atoms with Crippen LogP contribution in [0.1, 0.15) is 12.5 Å². The first-order chi connectivity index (χ1) is 10.0. The molecule has 2 aromatic carbocycles. The first kappa shape index (κ1) is 15.6. The van der Waals surface area contributed by atoms with Crippen molar-refractivity contribution in [2.45, 2.75) is 30.0 Å². The van der Waals surface area contributed by atoms with Gasteiger partial charge in [0.05, 0.1) is 0 Å². The Kier molecular flexibility index (Phi) is 5.44. The molecule has 0 aliphatic heterocycles. The summed E-state index contributed by atoms with van der Waals surface area (Å²) in [7, 11) is 0. The molecule has 2 nitrogen and oxygen atoms in total. The Morgan fingerprint density at radius 3 is 2.43 bits per heavy atom. The van der Waals surface area contributed by atoms with Gasteiger partial charge in [0.2, 0.25) is 0 Å². The first-order valence-corrected chi connectivity index (χ1v) is 7.51. The summed E-state index contributed by atoms with van der Waals surface area (Å²) < 4.78 is 25.1. The molecule has 0 aliphatic carbocycles. The molecular weight excluding hydrogens is 292 g/mol. The van der Waals surface area contributed by atoms with Crippen molar-refractivity contribution in [3.05, 3.63) is 54.1 Å². The van der Waals surface area contributed by atoms with Gasteiger partial charge in [-0.1, -0.05) is 36.0 Å². The second-order valence-corrected chi connectivity index (χ2v) is 5.82. The number of hydrogen-bond donors (Lipinski definition) is 2. The maximum absolute atomic E-state index is 12.5. The molecule has 0 spiro atoms. The number of phenolic OH excluding ortho intramolecular Hbond substituents is 1. The van der Waals surface area contributed by atoms with Crippen LogP contribution in [0.15, 0.2) is 53.4 Å². The van der Waals surface area contributed by atoms with Crippen molar-refractivity contribution in [2.24, 2.45) is 0 Å². The lowest BCUT2D eigenvalue weighted by atomic mass is 10.1. The molecule has 0 fully saturated rings. The third kappa shape index (κ3) is 4.93. The van der Waals surface area contributed by atoms with Gasteiger partial charge in [0, 0.05) is 16.6 Å². The summed E-state index contributed by atoms with van der Waals surface area (Å²) in [5.74, 6) is -2.20. The number of anilines is 1. The molecule has 0 amide bonds. The highest BCUT2D eigenvalue weighted by atomic mass is 32.2. The summed E-state index contributed by atoms with van der Waals surface area (Å²) in [6, 6.07) is 14.1. The van der Waals surface area contributed by atoms with Gasteiger partial charge in [-0.3, -0.25) is 0 Å². The average molecular weight is 309 g/mol. The minimum atomic E-state index is -2.43. The lowest BCUT2D eigenvalue weighted by Gasteiger charge is -2.18. The van der Waals surface area contributed by atoms with E-state index in [1.807, 2.05) is 25.1 Å². The largest absolute Gasteiger partial charge is 0.508 e. The molecule has 5 heteroatoms. The third-order valence-electron chi connectivity index (χ3n) is 2.98. The number of phenols is 1. The van der Waals surface area contributed by atoms with E-state index in [2.05, 4.69) is 5.32 Å². The van der Waals surface area contributed by atoms with Crippen LogP contribution in [0.5, 0.6) is 5.75 Å². The van der Waals surface area contributed by atoms with E-state index < -0.39 is 5.76 Å². The van der Waals surface area contributed by atoms with Crippen molar-refractivity contribution in [3.63, 3.8) is 0 Å². The van der Waals surface area contributed by atoms with E-state index in [1.165, 1.54) is 0 Å². The van der Waals surface area contributed by atoms with Crippen molar-refractivity contribution < 1.29 is 13.9 Å². The summed E-state index contributed by atoms with van der Waals surface area (Å²) in [5.41, 5.74) is 1.79. The SMILES string of the molecule is CC(Cc1ccc(O)cc1)Nc1ccccc1SC(F)F. The first-order valence-electron chi connectivity index (χ1n) is 6.63. The number of benzene rings is 2. The molecule has 0 saturated carbocycles. The van der Waals surface area contributed by atoms with Crippen LogP contribution in [0.3, 0.4) is 0 Å². The van der Waals surface area contributed by atoms with Crippen LogP contribution in [-0.4, -0.2) is 16.9 Å². The summed E-state index contributed by atoms with van der Waals surface area (Å²) in [6.07, 6.45) is 0.744. The molecular formula is C16H17F2NOS. The number of rotatable bonds is 6. The molecule has 0 radical (unpaired) electrons. The maximum atomic E-state index is 12.5. The number of para-hydroxylation sites is 1. The predicted molar refractivity (Wildman–Crippen MR) is 83.2 cm³/mol. The molecule has 112 valence electrons. The van der Waals surface area contributed by atoms with Crippen LogP contribution in [-0.2, 0) is 6.42 Å². The van der Waals surface area contributed by atoms with E-state index >= 15 is 0 Å². The minimum absolute atomic E-state index is 0.0916. The quantitative estimate of drug-likeness (QED) is 0.755. The van der Waals surface area contributed by atoms with Gasteiger partial charge in [-0.05, 0) is 43.2 Å². The zero-order valence-corrected chi connectivity index (χ0v) is 12.4. The van der Waals surface area contributed by atoms with Crippen LogP contribution >= 0.6 is 11.8 Å². The van der Waals surface area contributed by atoms with Gasteiger partial charge in [0.1, 0.15) is 5.75 Å². The van der Waals surface area contributed by atoms with Crippen molar-refractivity contribution in [3.8, 4) is 5.75 Å². The number of thioether (sulfide) groups is 1. The Morgan fingerprint density at radius 1 is 1.10 bits per heavy atom. The maximum Gasteiger partial charge on any atom is 0.288 e. The van der Waals surface area contributed by atoms with E-state index in [-0.39, 0.29) is 11.8 Å². The molecule has 21 heavy (non-hydrogen) atoms. The van der Waals surface area contributed by atoms with Crippen molar-refractivity contribution in [2.75, 3.05) is 5.32 Å². The topological polar surface area (TPSA) is 32.3 Å². The monoisotopic (exact) mass is 309 g/mol. The number of alkyl halides is 2. The second-order valence-electron chi connectivity index (χ2n) is 4.79. The Morgan fingerprint density at radius 2 is 1.76 bits per heavy atom. The zero-order valence-electron chi connectivity index (χ0n) is 11.6. The lowest BCUT2D eigenvalue weighted by Crippen LogP contribution is -2.18. The van der Waals surface area contributed by atoms with Crippen LogP contribution in [0, 0.1) is 0 Å². The molecule has 0 aliphatic rings. The number of aromatic hydroxyl groups is 1. The van der Waals surface area contributed by atoms with Gasteiger partial charge >= 0.3 is 0 Å². The smallest absolute Gasteiger partial charge is 0.288 e. The molecule has 1 unspecified atom stereocenters. The number of halogens is 2. The Bertz CT molecular complexity index is 575. The predicted octanol–water partition coefficient (Wildman–Crippen LogP) is 4.75. The van der Waals surface area contributed by atoms with Crippen molar-refractivity contribution in [1.82, 2.24) is 0 Å². The van der Waals surface area contributed by atoms with Gasteiger partial charge in [0.25, 0.3) is 5.76 Å². The van der Waals surface area contributed by atoms with Gasteiger partial charge in [-0.15, -0.1) is 0 Å². The van der Waals surface area contributed by atoms with Crippen LogP contribution in [0.25, 0.3) is 0 Å². The molecule has 2 aromatic rings. The molecule has 1 atom stereocenters. The summed E-state index contributed by atoms with van der Waals surface area (Å²) >= 11 is 0.546. The van der Waals surface area contributed by atoms with E-state index in [4.69, 9.17) is 0 Å². The number of hydrogen-bond acceptors (Lipinski definition) is 3. The normalized spacial score (nSPS) is 12.4. The highest BCUT2D eigenvalue weighted by Gasteiger charge is 2.11. The molecule has 0 aromatic heterocycles. The van der Waals surface area contributed by atoms with E-state index in [0.29, 0.717) is 22.3 Å². The number of nitrogens with one attached hydrogen (secondary N) is 1. The molecule has 0 saturated heterocycles. The van der Waals surface area contributed by atoms with E-state index in [0.717, 1.165) is 12.0 Å². The minimum Gasteiger partial charge on any atom is -0.508 e. The van der Waals surface area contributed by atoms with Gasteiger partial charge in [-0.25, -0.2) is 0 Å². The van der Waals surface area contributed by atoms with Gasteiger partial charge in [-0.2, -0.15) is 8.78 Å². The fourth-order valence-corrected chi connectivity index (χ4v) is 2.69. The van der Waals surface area contributed by atoms with Gasteiger partial charge in [0.15, 0.2) is 0 Å². The fourth-order valence-electron chi connectivity index (χ4n) is 2.09. The van der Waals surface area contributed by atoms with Crippen LogP contribution in [0.2, 0.25) is 0 Å². The summed E-state index contributed by atoms with van der Waals surface area (Å²) in [5, 5.41) is 12.5. The zero-order chi connectivity index (χ0) is 15.2. The van der Waals surface area contributed by atoms with Gasteiger partial charge < -0.3 is 10.4 Å². The highest BCUT2D eigenvalue weighted by Crippen LogP contribution is 2.32. The van der Waals surface area contributed by atoms with Crippen molar-refractivity contribution in [1.29, 1.82) is 0 Å². The third-order valence-corrected chi connectivity index (χ3v) is 3.77. The Balaban J connectivity index is 2.02. The molecule has 2 rings (SSSR count). The average Bonchev–Trinajstić information content (AvgIpc) is 2.43. The van der Waals surface area contributed by atoms with Crippen LogP contribution < -0.4 is 5.32 Å². The Hall–Kier alpha value is -1.75. The van der Waals surface area contributed by atoms with Crippen LogP contribution in [0.4, 0.5) is 14.5 Å². The van der Waals surface area contributed by atoms with Crippen molar-refractivity contribution >= 4 is 17.4 Å². The Labute approximate surface area is 127 Å². The second kappa shape index (κ2) is 7.31. The highest BCUT2D eigenvalue weighted by molar-refractivity contribution is 7.99. The van der Waals surface area contributed by atoms with E-state index in [1.54, 1.807) is 30.3 Å². The standard InChI is InChI=1S/C16H17F2NOS/c1-11(10-12-6-8-13(20)9-7-12)19-14-4-2-3-5-15(14)21-16(17)18/h2-9,11,16,19-20H,10H2,1H3. The summed E-state index contributed by atoms with van der Waals surface area (Å²) in [4.78, 5) is 0.546. The molecule has 0 heterocycles.